The van der Waals surface area contributed by atoms with Crippen molar-refractivity contribution in [3.8, 4) is 5.75 Å². The number of amides is 3. The molecule has 0 spiro atoms. The molecule has 106 valence electrons. The van der Waals surface area contributed by atoms with Gasteiger partial charge in [-0.3, -0.25) is 9.69 Å². The summed E-state index contributed by atoms with van der Waals surface area (Å²) in [6.07, 6.45) is 2.44. The molecule has 1 fully saturated rings. The summed E-state index contributed by atoms with van der Waals surface area (Å²) < 4.78 is 5.14. The highest BCUT2D eigenvalue weighted by molar-refractivity contribution is 6.14. The average Bonchev–Trinajstić information content (AvgIpc) is 2.69. The van der Waals surface area contributed by atoms with E-state index in [9.17, 15) is 9.59 Å². The van der Waals surface area contributed by atoms with Gasteiger partial charge >= 0.3 is 6.03 Å². The van der Waals surface area contributed by atoms with E-state index in [2.05, 4.69) is 5.32 Å². The second-order valence-electron chi connectivity index (χ2n) is 4.67. The molecule has 0 radical (unpaired) electrons. The Labute approximate surface area is 118 Å². The molecule has 0 atom stereocenters. The fourth-order valence-corrected chi connectivity index (χ4v) is 2.09. The van der Waals surface area contributed by atoms with Gasteiger partial charge in [0.15, 0.2) is 0 Å². The molecule has 0 unspecified atom stereocenters. The molecule has 0 saturated carbocycles. The molecule has 2 rings (SSSR count). The van der Waals surface area contributed by atoms with E-state index < -0.39 is 0 Å². The molecule has 1 heterocycles. The Balaban J connectivity index is 2.28. The molecule has 1 saturated heterocycles. The molecule has 5 nitrogen and oxygen atoms in total. The zero-order chi connectivity index (χ0) is 14.7. The number of carbonyl (C=O) groups is 2. The van der Waals surface area contributed by atoms with Gasteiger partial charge in [0, 0.05) is 6.54 Å². The van der Waals surface area contributed by atoms with Crippen LogP contribution in [0, 0.1) is 6.92 Å². The van der Waals surface area contributed by atoms with Crippen LogP contribution in [0.25, 0.3) is 6.08 Å². The van der Waals surface area contributed by atoms with Crippen LogP contribution in [0.5, 0.6) is 5.75 Å². The molecule has 1 aromatic carbocycles. The van der Waals surface area contributed by atoms with Gasteiger partial charge in [-0.25, -0.2) is 4.79 Å². The van der Waals surface area contributed by atoms with E-state index in [4.69, 9.17) is 4.74 Å². The van der Waals surface area contributed by atoms with Crippen molar-refractivity contribution in [2.24, 2.45) is 0 Å². The van der Waals surface area contributed by atoms with Crippen LogP contribution in [0.3, 0.4) is 0 Å². The maximum Gasteiger partial charge on any atom is 0.329 e. The lowest BCUT2D eigenvalue weighted by atomic mass is 10.1. The third kappa shape index (κ3) is 2.66. The Bertz CT molecular complexity index is 578. The summed E-state index contributed by atoms with van der Waals surface area (Å²) in [7, 11) is 1.61. The van der Waals surface area contributed by atoms with Gasteiger partial charge in [0.2, 0.25) is 0 Å². The van der Waals surface area contributed by atoms with E-state index in [0.717, 1.165) is 23.3 Å². The van der Waals surface area contributed by atoms with Crippen LogP contribution >= 0.6 is 0 Å². The Hall–Kier alpha value is -2.30. The third-order valence-electron chi connectivity index (χ3n) is 3.19. The Morgan fingerprint density at radius 3 is 2.70 bits per heavy atom. The van der Waals surface area contributed by atoms with Gasteiger partial charge in [-0.1, -0.05) is 13.0 Å². The van der Waals surface area contributed by atoms with Gasteiger partial charge in [0.25, 0.3) is 5.91 Å². The number of aryl methyl sites for hydroxylation is 1. The number of urea groups is 1. The maximum atomic E-state index is 12.1. The van der Waals surface area contributed by atoms with Crippen LogP contribution in [-0.4, -0.2) is 30.5 Å². The Kier molecular flexibility index (Phi) is 4.08. The maximum absolute atomic E-state index is 12.1. The molecule has 1 aliphatic heterocycles. The number of hydrogen-bond donors (Lipinski definition) is 1. The van der Waals surface area contributed by atoms with Crippen molar-refractivity contribution in [3.05, 3.63) is 35.0 Å². The third-order valence-corrected chi connectivity index (χ3v) is 3.19. The number of nitrogens with zero attached hydrogens (tertiary/aromatic N) is 1. The van der Waals surface area contributed by atoms with E-state index in [1.54, 1.807) is 13.2 Å². The molecule has 0 aromatic heterocycles. The van der Waals surface area contributed by atoms with Gasteiger partial charge in [-0.05, 0) is 42.7 Å². The Morgan fingerprint density at radius 1 is 1.35 bits per heavy atom. The number of ether oxygens (including phenoxy) is 1. The predicted molar refractivity (Wildman–Crippen MR) is 76.2 cm³/mol. The largest absolute Gasteiger partial charge is 0.497 e. The Morgan fingerprint density at radius 2 is 2.10 bits per heavy atom. The first-order valence-corrected chi connectivity index (χ1v) is 6.56. The van der Waals surface area contributed by atoms with Crippen molar-refractivity contribution in [1.82, 2.24) is 10.2 Å². The monoisotopic (exact) mass is 274 g/mol. The van der Waals surface area contributed by atoms with E-state index in [-0.39, 0.29) is 11.9 Å². The van der Waals surface area contributed by atoms with E-state index in [0.29, 0.717) is 12.2 Å². The smallest absolute Gasteiger partial charge is 0.329 e. The van der Waals surface area contributed by atoms with Crippen LogP contribution in [0.2, 0.25) is 0 Å². The zero-order valence-electron chi connectivity index (χ0n) is 11.9. The molecule has 20 heavy (non-hydrogen) atoms. The summed E-state index contributed by atoms with van der Waals surface area (Å²) in [5, 5.41) is 2.61. The molecule has 0 bridgehead atoms. The van der Waals surface area contributed by atoms with Gasteiger partial charge in [-0.2, -0.15) is 0 Å². The lowest BCUT2D eigenvalue weighted by Gasteiger charge is -2.08. The highest BCUT2D eigenvalue weighted by atomic mass is 16.5. The summed E-state index contributed by atoms with van der Waals surface area (Å²) in [6, 6.07) is 5.22. The van der Waals surface area contributed by atoms with Crippen LogP contribution in [0.4, 0.5) is 4.79 Å². The number of imide groups is 1. The van der Waals surface area contributed by atoms with Crippen molar-refractivity contribution >= 4 is 18.0 Å². The van der Waals surface area contributed by atoms with Crippen molar-refractivity contribution in [2.45, 2.75) is 20.3 Å². The molecule has 1 aromatic rings. The second kappa shape index (κ2) is 5.77. The number of methoxy groups -OCH3 is 1. The lowest BCUT2D eigenvalue weighted by molar-refractivity contribution is -0.122. The first-order valence-electron chi connectivity index (χ1n) is 6.56. The molecule has 1 aliphatic rings. The van der Waals surface area contributed by atoms with Crippen LogP contribution < -0.4 is 10.1 Å². The summed E-state index contributed by atoms with van der Waals surface area (Å²) in [6.45, 7) is 4.29. The molecular weight excluding hydrogens is 256 g/mol. The highest BCUT2D eigenvalue weighted by Gasteiger charge is 2.32. The van der Waals surface area contributed by atoms with E-state index in [1.807, 2.05) is 32.0 Å². The summed E-state index contributed by atoms with van der Waals surface area (Å²) in [5.74, 6) is 0.492. The van der Waals surface area contributed by atoms with E-state index in [1.165, 1.54) is 4.90 Å². The fourth-order valence-electron chi connectivity index (χ4n) is 2.09. The van der Waals surface area contributed by atoms with Gasteiger partial charge < -0.3 is 10.1 Å². The van der Waals surface area contributed by atoms with Crippen molar-refractivity contribution in [3.63, 3.8) is 0 Å². The zero-order valence-corrected chi connectivity index (χ0v) is 11.9. The molecule has 5 heteroatoms. The normalized spacial score (nSPS) is 16.8. The van der Waals surface area contributed by atoms with Gasteiger partial charge in [0.1, 0.15) is 11.4 Å². The van der Waals surface area contributed by atoms with Crippen molar-refractivity contribution < 1.29 is 14.3 Å². The molecule has 3 amide bonds. The predicted octanol–water partition coefficient (Wildman–Crippen LogP) is 2.31. The number of rotatable bonds is 4. The number of hydrogen-bond acceptors (Lipinski definition) is 3. The molecule has 1 N–H and O–H groups in total. The fraction of sp³-hybridized carbons (Fsp3) is 0.333. The van der Waals surface area contributed by atoms with Crippen LogP contribution in [0.15, 0.2) is 23.9 Å². The number of nitrogens with one attached hydrogen (secondary N) is 1. The quantitative estimate of drug-likeness (QED) is 0.677. The van der Waals surface area contributed by atoms with Crippen molar-refractivity contribution in [1.29, 1.82) is 0 Å². The number of carbonyl (C=O) groups excluding carboxylic acids is 2. The molecular formula is C15H18N2O3. The van der Waals surface area contributed by atoms with Gasteiger partial charge in [-0.15, -0.1) is 0 Å². The van der Waals surface area contributed by atoms with Crippen LogP contribution in [-0.2, 0) is 4.79 Å². The first-order chi connectivity index (χ1) is 9.56. The minimum atomic E-state index is -0.353. The first kappa shape index (κ1) is 14.1. The summed E-state index contributed by atoms with van der Waals surface area (Å²) in [5.41, 5.74) is 2.18. The standard InChI is InChI=1S/C15H18N2O3/c1-4-7-17-14(18)13(16-15(17)19)9-11-5-6-12(20-3)8-10(11)2/h5-6,8-9H,4,7H2,1-3H3,(H,16,19)/b13-9+. The van der Waals surface area contributed by atoms with Gasteiger partial charge in [0.05, 0.1) is 7.11 Å². The van der Waals surface area contributed by atoms with E-state index >= 15 is 0 Å². The van der Waals surface area contributed by atoms with Crippen LogP contribution in [0.1, 0.15) is 24.5 Å². The highest BCUT2D eigenvalue weighted by Crippen LogP contribution is 2.20. The SMILES string of the molecule is CCCN1C(=O)N/C(=C/c2ccc(OC)cc2C)C1=O. The summed E-state index contributed by atoms with van der Waals surface area (Å²) >= 11 is 0. The average molecular weight is 274 g/mol. The number of benzene rings is 1. The molecule has 0 aliphatic carbocycles. The lowest BCUT2D eigenvalue weighted by Crippen LogP contribution is -2.31. The minimum Gasteiger partial charge on any atom is -0.497 e. The minimum absolute atomic E-state index is 0.271. The summed E-state index contributed by atoms with van der Waals surface area (Å²) in [4.78, 5) is 25.0. The second-order valence-corrected chi connectivity index (χ2v) is 4.67. The topological polar surface area (TPSA) is 58.6 Å². The van der Waals surface area contributed by atoms with Crippen molar-refractivity contribution in [2.75, 3.05) is 13.7 Å².